The molecule has 3 aromatic rings. The fraction of sp³-hybridized carbons (Fsp3) is 0.250. The molecule has 0 aliphatic rings. The highest BCUT2D eigenvalue weighted by Gasteiger charge is 2.21. The molecule has 5 nitrogen and oxygen atoms in total. The number of hydrogen-bond acceptors (Lipinski definition) is 4. The zero-order valence-corrected chi connectivity index (χ0v) is 13.2. The van der Waals surface area contributed by atoms with E-state index >= 15 is 0 Å². The van der Waals surface area contributed by atoms with Gasteiger partial charge in [-0.2, -0.15) is 0 Å². The fourth-order valence-corrected chi connectivity index (χ4v) is 3.37. The van der Waals surface area contributed by atoms with Crippen LogP contribution >= 0.6 is 11.3 Å². The van der Waals surface area contributed by atoms with Crippen molar-refractivity contribution >= 4 is 22.3 Å². The van der Waals surface area contributed by atoms with Gasteiger partial charge in [0, 0.05) is 5.38 Å². The van der Waals surface area contributed by atoms with Crippen molar-refractivity contribution in [1.82, 2.24) is 9.38 Å². The maximum atomic E-state index is 11.6. The van der Waals surface area contributed by atoms with Crippen molar-refractivity contribution in [1.29, 1.82) is 0 Å². The summed E-state index contributed by atoms with van der Waals surface area (Å²) in [6.45, 7) is 4.47. The van der Waals surface area contributed by atoms with Gasteiger partial charge in [-0.05, 0) is 43.2 Å². The first-order valence-corrected chi connectivity index (χ1v) is 7.99. The Morgan fingerprint density at radius 2 is 2.05 bits per heavy atom. The molecule has 2 heterocycles. The Kier molecular flexibility index (Phi) is 3.85. The normalized spacial score (nSPS) is 11.0. The maximum absolute atomic E-state index is 11.6. The molecular weight excluding hydrogens is 300 g/mol. The van der Waals surface area contributed by atoms with Crippen LogP contribution in [0.25, 0.3) is 16.2 Å². The van der Waals surface area contributed by atoms with Gasteiger partial charge in [-0.3, -0.25) is 4.40 Å². The lowest BCUT2D eigenvalue weighted by molar-refractivity contribution is 0.0688. The fourth-order valence-electron chi connectivity index (χ4n) is 2.46. The molecule has 0 saturated heterocycles. The molecule has 1 aromatic carbocycles. The van der Waals surface area contributed by atoms with Gasteiger partial charge in [0.25, 0.3) is 0 Å². The van der Waals surface area contributed by atoms with Gasteiger partial charge in [0.2, 0.25) is 0 Å². The molecule has 0 atom stereocenters. The summed E-state index contributed by atoms with van der Waals surface area (Å²) in [5.74, 6) is -0.147. The van der Waals surface area contributed by atoms with Crippen LogP contribution in [0, 0.1) is 0 Å². The molecule has 0 fully saturated rings. The molecule has 3 rings (SSSR count). The smallest absolute Gasteiger partial charge is 0.354 e. The number of benzene rings is 1. The topological polar surface area (TPSA) is 63.8 Å². The van der Waals surface area contributed by atoms with Gasteiger partial charge >= 0.3 is 5.97 Å². The Balaban J connectivity index is 2.14. The Bertz CT molecular complexity index is 818. The first kappa shape index (κ1) is 14.6. The average molecular weight is 316 g/mol. The molecule has 114 valence electrons. The number of carboxylic acid groups (broad SMARTS) is 1. The quantitative estimate of drug-likeness (QED) is 0.779. The molecule has 0 aliphatic heterocycles. The standard InChI is InChI=1S/C16H16N2O3S/c1-3-12-14(15(19)20)18-13(9-22-16(18)17-12)10-5-7-11(8-6-10)21-4-2/h5-9H,3-4H2,1-2H3,(H,19,20). The van der Waals surface area contributed by atoms with Gasteiger partial charge in [0.05, 0.1) is 18.0 Å². The number of nitrogens with zero attached hydrogens (tertiary/aromatic N) is 2. The highest BCUT2D eigenvalue weighted by molar-refractivity contribution is 7.15. The minimum Gasteiger partial charge on any atom is -0.494 e. The predicted octanol–water partition coefficient (Wildman–Crippen LogP) is 3.72. The number of ether oxygens (including phenoxy) is 1. The number of aryl methyl sites for hydroxylation is 1. The number of carbonyl (C=O) groups is 1. The lowest BCUT2D eigenvalue weighted by atomic mass is 10.1. The molecule has 0 spiro atoms. The van der Waals surface area contributed by atoms with Gasteiger partial charge in [-0.15, -0.1) is 11.3 Å². The van der Waals surface area contributed by atoms with Crippen LogP contribution in [0.15, 0.2) is 29.6 Å². The second-order valence-corrected chi connectivity index (χ2v) is 5.60. The molecule has 1 N–H and O–H groups in total. The van der Waals surface area contributed by atoms with Crippen LogP contribution in [-0.2, 0) is 6.42 Å². The van der Waals surface area contributed by atoms with E-state index in [9.17, 15) is 9.90 Å². The molecule has 0 saturated carbocycles. The summed E-state index contributed by atoms with van der Waals surface area (Å²) in [6, 6.07) is 7.65. The van der Waals surface area contributed by atoms with Crippen molar-refractivity contribution in [3.05, 3.63) is 41.0 Å². The van der Waals surface area contributed by atoms with Crippen LogP contribution in [0.3, 0.4) is 0 Å². The zero-order valence-electron chi connectivity index (χ0n) is 12.4. The van der Waals surface area contributed by atoms with Crippen molar-refractivity contribution < 1.29 is 14.6 Å². The van der Waals surface area contributed by atoms with Gasteiger partial charge < -0.3 is 9.84 Å². The van der Waals surface area contributed by atoms with Crippen molar-refractivity contribution in [3.8, 4) is 17.0 Å². The zero-order chi connectivity index (χ0) is 15.7. The van der Waals surface area contributed by atoms with Gasteiger partial charge in [-0.1, -0.05) is 6.92 Å². The summed E-state index contributed by atoms with van der Waals surface area (Å²) in [5.41, 5.74) is 2.65. The highest BCUT2D eigenvalue weighted by atomic mass is 32.1. The van der Waals surface area contributed by atoms with Crippen LogP contribution < -0.4 is 4.74 Å². The van der Waals surface area contributed by atoms with E-state index in [4.69, 9.17) is 4.74 Å². The molecule has 2 aromatic heterocycles. The molecule has 0 amide bonds. The molecular formula is C16H16N2O3S. The van der Waals surface area contributed by atoms with E-state index < -0.39 is 5.97 Å². The Morgan fingerprint density at radius 1 is 1.32 bits per heavy atom. The number of aromatic carboxylic acids is 1. The summed E-state index contributed by atoms with van der Waals surface area (Å²) in [4.78, 5) is 16.7. The Hall–Kier alpha value is -2.34. The van der Waals surface area contributed by atoms with Crippen molar-refractivity contribution in [2.45, 2.75) is 20.3 Å². The van der Waals surface area contributed by atoms with Crippen LogP contribution in [0.5, 0.6) is 5.75 Å². The van der Waals surface area contributed by atoms with E-state index in [0.29, 0.717) is 23.7 Å². The number of fused-ring (bicyclic) bond motifs is 1. The minimum atomic E-state index is -0.949. The van der Waals surface area contributed by atoms with Crippen molar-refractivity contribution in [2.24, 2.45) is 0 Å². The third-order valence-corrected chi connectivity index (χ3v) is 4.26. The van der Waals surface area contributed by atoms with E-state index in [1.54, 1.807) is 4.40 Å². The Morgan fingerprint density at radius 3 is 2.64 bits per heavy atom. The summed E-state index contributed by atoms with van der Waals surface area (Å²) in [7, 11) is 0. The SMILES string of the molecule is CCOc1ccc(-c2csc3nc(CC)c(C(=O)O)n23)cc1. The first-order chi connectivity index (χ1) is 10.7. The van der Waals surface area contributed by atoms with E-state index in [0.717, 1.165) is 17.0 Å². The van der Waals surface area contributed by atoms with Crippen molar-refractivity contribution in [3.63, 3.8) is 0 Å². The van der Waals surface area contributed by atoms with Gasteiger partial charge in [0.15, 0.2) is 10.7 Å². The number of hydrogen-bond donors (Lipinski definition) is 1. The summed E-state index contributed by atoms with van der Waals surface area (Å²) < 4.78 is 7.16. The largest absolute Gasteiger partial charge is 0.494 e. The monoisotopic (exact) mass is 316 g/mol. The number of rotatable bonds is 5. The van der Waals surface area contributed by atoms with E-state index in [1.165, 1.54) is 11.3 Å². The Labute approximate surface area is 131 Å². The maximum Gasteiger partial charge on any atom is 0.354 e. The third kappa shape index (κ3) is 2.35. The van der Waals surface area contributed by atoms with Crippen LogP contribution in [-0.4, -0.2) is 27.1 Å². The molecule has 0 unspecified atom stereocenters. The number of carboxylic acids is 1. The van der Waals surface area contributed by atoms with E-state index in [2.05, 4.69) is 4.98 Å². The molecule has 0 radical (unpaired) electrons. The minimum absolute atomic E-state index is 0.252. The predicted molar refractivity (Wildman–Crippen MR) is 86.0 cm³/mol. The summed E-state index contributed by atoms with van der Waals surface area (Å²) in [6.07, 6.45) is 0.596. The number of thiazole rings is 1. The summed E-state index contributed by atoms with van der Waals surface area (Å²) in [5, 5.41) is 11.4. The molecule has 22 heavy (non-hydrogen) atoms. The van der Waals surface area contributed by atoms with E-state index in [1.807, 2.05) is 43.5 Å². The van der Waals surface area contributed by atoms with Crippen LogP contribution in [0.2, 0.25) is 0 Å². The molecule has 0 bridgehead atoms. The second-order valence-electron chi connectivity index (χ2n) is 4.76. The molecule has 6 heteroatoms. The lowest BCUT2D eigenvalue weighted by Crippen LogP contribution is -2.05. The second kappa shape index (κ2) is 5.81. The number of imidazole rings is 1. The summed E-state index contributed by atoms with van der Waals surface area (Å²) >= 11 is 1.45. The lowest BCUT2D eigenvalue weighted by Gasteiger charge is -2.05. The van der Waals surface area contributed by atoms with Crippen molar-refractivity contribution in [2.75, 3.05) is 6.61 Å². The number of aromatic nitrogens is 2. The van der Waals surface area contributed by atoms with Gasteiger partial charge in [-0.25, -0.2) is 9.78 Å². The highest BCUT2D eigenvalue weighted by Crippen LogP contribution is 2.30. The average Bonchev–Trinajstić information content (AvgIpc) is 3.06. The third-order valence-electron chi connectivity index (χ3n) is 3.43. The van der Waals surface area contributed by atoms with Crippen LogP contribution in [0.1, 0.15) is 30.0 Å². The molecule has 0 aliphatic carbocycles. The van der Waals surface area contributed by atoms with E-state index in [-0.39, 0.29) is 5.69 Å². The van der Waals surface area contributed by atoms with Crippen LogP contribution in [0.4, 0.5) is 0 Å². The first-order valence-electron chi connectivity index (χ1n) is 7.11. The van der Waals surface area contributed by atoms with Gasteiger partial charge in [0.1, 0.15) is 5.75 Å².